The Morgan fingerprint density at radius 3 is 2.57 bits per heavy atom. The molecule has 0 amide bonds. The number of allylic oxidation sites excluding steroid dienone is 2. The highest BCUT2D eigenvalue weighted by atomic mass is 16.5. The topological polar surface area (TPSA) is 52.3 Å². The number of aryl methyl sites for hydroxylation is 1. The van der Waals surface area contributed by atoms with E-state index in [0.29, 0.717) is 12.5 Å². The maximum atomic E-state index is 5.98. The van der Waals surface area contributed by atoms with E-state index < -0.39 is 0 Å². The number of ether oxygens (including phenoxy) is 1. The van der Waals surface area contributed by atoms with Gasteiger partial charge in [0.25, 0.3) is 0 Å². The van der Waals surface area contributed by atoms with E-state index in [1.807, 2.05) is 54.3 Å². The molecule has 0 N–H and O–H groups in total. The van der Waals surface area contributed by atoms with Crippen molar-refractivity contribution in [2.75, 3.05) is 6.61 Å². The molecule has 0 spiro atoms. The number of aliphatic imine (C=N–C) groups is 1. The molecule has 3 aromatic rings. The smallest absolute Gasteiger partial charge is 0.130 e. The average molecular weight is 394 g/mol. The van der Waals surface area contributed by atoms with Crippen LogP contribution in [0.25, 0.3) is 22.4 Å². The molecule has 148 valence electrons. The summed E-state index contributed by atoms with van der Waals surface area (Å²) in [6, 6.07) is 12.3. The Labute approximate surface area is 175 Å². The summed E-state index contributed by atoms with van der Waals surface area (Å²) < 4.78 is 7.82. The maximum Gasteiger partial charge on any atom is 0.130 e. The van der Waals surface area contributed by atoms with Crippen molar-refractivity contribution in [3.8, 4) is 28.1 Å². The molecule has 1 aromatic carbocycles. The first-order valence-electron chi connectivity index (χ1n) is 10.0. The molecule has 5 heteroatoms. The number of dihydropyridines is 1. The van der Waals surface area contributed by atoms with Gasteiger partial charge in [0.05, 0.1) is 11.8 Å². The highest BCUT2D eigenvalue weighted by molar-refractivity contribution is 5.97. The summed E-state index contributed by atoms with van der Waals surface area (Å²) in [7, 11) is 1.94. The van der Waals surface area contributed by atoms with E-state index in [2.05, 4.69) is 46.5 Å². The summed E-state index contributed by atoms with van der Waals surface area (Å²) in [5.74, 6) is 1.18. The largest absolute Gasteiger partial charge is 0.487 e. The lowest BCUT2D eigenvalue weighted by Crippen LogP contribution is -2.23. The van der Waals surface area contributed by atoms with Crippen molar-refractivity contribution in [2.24, 2.45) is 18.0 Å². The van der Waals surface area contributed by atoms with E-state index >= 15 is 0 Å². The molecule has 2 aliphatic rings. The van der Waals surface area contributed by atoms with Crippen molar-refractivity contribution in [1.29, 1.82) is 0 Å². The predicted octanol–water partition coefficient (Wildman–Crippen LogP) is 4.65. The van der Waals surface area contributed by atoms with E-state index in [-0.39, 0.29) is 6.04 Å². The summed E-state index contributed by atoms with van der Waals surface area (Å²) in [6.07, 6.45) is 18.3. The molecular formula is C25H22N4O. The number of fused-ring (bicyclic) bond motifs is 1. The van der Waals surface area contributed by atoms with Crippen LogP contribution in [0.15, 0.2) is 96.4 Å². The van der Waals surface area contributed by atoms with Crippen LogP contribution in [0, 0.1) is 5.92 Å². The number of rotatable bonds is 5. The lowest BCUT2D eigenvalue weighted by Gasteiger charge is -2.22. The maximum absolute atomic E-state index is 5.98. The number of pyridine rings is 1. The Morgan fingerprint density at radius 1 is 0.933 bits per heavy atom. The van der Waals surface area contributed by atoms with E-state index in [4.69, 9.17) is 9.73 Å². The molecule has 5 nitrogen and oxygen atoms in total. The number of aromatic nitrogens is 3. The Hall–Kier alpha value is -3.73. The summed E-state index contributed by atoms with van der Waals surface area (Å²) in [4.78, 5) is 8.89. The molecule has 0 bridgehead atoms. The van der Waals surface area contributed by atoms with Gasteiger partial charge in [0, 0.05) is 42.7 Å². The SMILES string of the molecule is Cn1cc(-c2ccncc2)c(-c2ccc(OCC3=NC4C=CC=CC4C=C3)cc2)n1. The van der Waals surface area contributed by atoms with E-state index in [9.17, 15) is 0 Å². The zero-order valence-electron chi connectivity index (χ0n) is 16.7. The lowest BCUT2D eigenvalue weighted by atomic mass is 9.92. The highest BCUT2D eigenvalue weighted by Crippen LogP contribution is 2.31. The monoisotopic (exact) mass is 394 g/mol. The highest BCUT2D eigenvalue weighted by Gasteiger charge is 2.19. The van der Waals surface area contributed by atoms with Gasteiger partial charge in [0.2, 0.25) is 0 Å². The zero-order chi connectivity index (χ0) is 20.3. The van der Waals surface area contributed by atoms with Crippen molar-refractivity contribution in [1.82, 2.24) is 14.8 Å². The van der Waals surface area contributed by atoms with Gasteiger partial charge in [0.1, 0.15) is 18.1 Å². The van der Waals surface area contributed by atoms with Crippen LogP contribution < -0.4 is 4.74 Å². The zero-order valence-corrected chi connectivity index (χ0v) is 16.7. The summed E-state index contributed by atoms with van der Waals surface area (Å²) in [5, 5.41) is 4.66. The summed E-state index contributed by atoms with van der Waals surface area (Å²) in [5.41, 5.74) is 5.13. The summed E-state index contributed by atoms with van der Waals surface area (Å²) >= 11 is 0. The van der Waals surface area contributed by atoms with Crippen LogP contribution in [0.2, 0.25) is 0 Å². The Balaban J connectivity index is 1.30. The van der Waals surface area contributed by atoms with Crippen molar-refractivity contribution in [3.63, 3.8) is 0 Å². The van der Waals surface area contributed by atoms with E-state index in [1.54, 1.807) is 12.4 Å². The molecule has 3 heterocycles. The van der Waals surface area contributed by atoms with Crippen molar-refractivity contribution in [2.45, 2.75) is 6.04 Å². The lowest BCUT2D eigenvalue weighted by molar-refractivity contribution is 0.376. The second-order valence-corrected chi connectivity index (χ2v) is 7.43. The third-order valence-electron chi connectivity index (χ3n) is 5.31. The average Bonchev–Trinajstić information content (AvgIpc) is 3.20. The third kappa shape index (κ3) is 3.74. The number of hydrogen-bond acceptors (Lipinski definition) is 4. The van der Waals surface area contributed by atoms with Crippen molar-refractivity contribution >= 4 is 5.71 Å². The van der Waals surface area contributed by atoms with Gasteiger partial charge in [-0.3, -0.25) is 14.7 Å². The molecule has 0 radical (unpaired) electrons. The van der Waals surface area contributed by atoms with Gasteiger partial charge in [-0.15, -0.1) is 0 Å². The molecule has 1 aliphatic heterocycles. The quantitative estimate of drug-likeness (QED) is 0.633. The van der Waals surface area contributed by atoms with Gasteiger partial charge in [0.15, 0.2) is 0 Å². The molecule has 0 saturated carbocycles. The minimum absolute atomic E-state index is 0.191. The fourth-order valence-electron chi connectivity index (χ4n) is 3.77. The van der Waals surface area contributed by atoms with Gasteiger partial charge in [-0.2, -0.15) is 5.10 Å². The first kappa shape index (κ1) is 18.3. The summed E-state index contributed by atoms with van der Waals surface area (Å²) in [6.45, 7) is 0.461. The van der Waals surface area contributed by atoms with Gasteiger partial charge in [-0.1, -0.05) is 30.4 Å². The van der Waals surface area contributed by atoms with Crippen molar-refractivity contribution in [3.05, 3.63) is 91.4 Å². The fourth-order valence-corrected chi connectivity index (χ4v) is 3.77. The van der Waals surface area contributed by atoms with Crippen molar-refractivity contribution < 1.29 is 4.74 Å². The van der Waals surface area contributed by atoms with Crippen LogP contribution in [0.1, 0.15) is 0 Å². The van der Waals surface area contributed by atoms with Crippen LogP contribution in [0.4, 0.5) is 0 Å². The minimum atomic E-state index is 0.191. The van der Waals surface area contributed by atoms with Gasteiger partial charge < -0.3 is 4.74 Å². The fraction of sp³-hybridized carbons (Fsp3) is 0.160. The van der Waals surface area contributed by atoms with Crippen LogP contribution in [-0.2, 0) is 7.05 Å². The molecule has 1 aliphatic carbocycles. The number of hydrogen-bond donors (Lipinski definition) is 0. The van der Waals surface area contributed by atoms with Crippen LogP contribution >= 0.6 is 0 Å². The van der Waals surface area contributed by atoms with Crippen LogP contribution in [0.5, 0.6) is 5.75 Å². The Morgan fingerprint density at radius 2 is 1.73 bits per heavy atom. The predicted molar refractivity (Wildman–Crippen MR) is 120 cm³/mol. The van der Waals surface area contributed by atoms with E-state index in [1.165, 1.54) is 0 Å². The molecular weight excluding hydrogens is 372 g/mol. The second-order valence-electron chi connectivity index (χ2n) is 7.43. The van der Waals surface area contributed by atoms with Crippen LogP contribution in [-0.4, -0.2) is 33.1 Å². The van der Waals surface area contributed by atoms with Crippen LogP contribution in [0.3, 0.4) is 0 Å². The van der Waals surface area contributed by atoms with Gasteiger partial charge in [-0.25, -0.2) is 0 Å². The second kappa shape index (κ2) is 7.95. The van der Waals surface area contributed by atoms with Gasteiger partial charge in [-0.05, 0) is 48.0 Å². The minimum Gasteiger partial charge on any atom is -0.487 e. The molecule has 2 unspecified atom stereocenters. The Bertz CT molecular complexity index is 1150. The third-order valence-corrected chi connectivity index (χ3v) is 5.31. The number of benzene rings is 1. The number of nitrogens with zero attached hydrogens (tertiary/aromatic N) is 4. The molecule has 0 fully saturated rings. The first-order chi connectivity index (χ1) is 14.8. The molecule has 0 saturated heterocycles. The van der Waals surface area contributed by atoms with Gasteiger partial charge >= 0.3 is 0 Å². The first-order valence-corrected chi connectivity index (χ1v) is 10.0. The Kier molecular flexibility index (Phi) is 4.85. The van der Waals surface area contributed by atoms with E-state index in [0.717, 1.165) is 33.8 Å². The molecule has 2 aromatic heterocycles. The normalized spacial score (nSPS) is 19.4. The molecule has 30 heavy (non-hydrogen) atoms. The molecule has 5 rings (SSSR count). The standard InChI is InChI=1S/C25H22N4O/c1-29-16-23(18-12-14-26-15-13-18)25(28-29)20-7-10-22(11-8-20)30-17-21-9-6-19-4-2-3-5-24(19)27-21/h2-16,19,24H,17H2,1H3. The molecule has 2 atom stereocenters.